The van der Waals surface area contributed by atoms with Gasteiger partial charge in [0.15, 0.2) is 0 Å². The lowest BCUT2D eigenvalue weighted by atomic mass is 9.88. The molecule has 4 heterocycles. The molecule has 1 atom stereocenters. The molecule has 2 N–H and O–H groups in total. The van der Waals surface area contributed by atoms with E-state index in [-0.39, 0.29) is 24.1 Å². The Hall–Kier alpha value is -2.25. The van der Waals surface area contributed by atoms with Crippen molar-refractivity contribution in [2.24, 2.45) is 5.92 Å². The summed E-state index contributed by atoms with van der Waals surface area (Å²) in [7, 11) is 0. The smallest absolute Gasteiger partial charge is 0.255 e. The number of imide groups is 1. The van der Waals surface area contributed by atoms with E-state index in [0.29, 0.717) is 24.4 Å². The van der Waals surface area contributed by atoms with Crippen molar-refractivity contribution in [2.45, 2.75) is 50.7 Å². The monoisotopic (exact) mass is 396 g/mol. The van der Waals surface area contributed by atoms with Crippen molar-refractivity contribution in [1.82, 2.24) is 20.4 Å². The molecule has 29 heavy (non-hydrogen) atoms. The van der Waals surface area contributed by atoms with Crippen molar-refractivity contribution in [2.75, 3.05) is 26.2 Å². The molecule has 3 saturated heterocycles. The fourth-order valence-corrected chi connectivity index (χ4v) is 5.30. The third-order valence-corrected chi connectivity index (χ3v) is 6.92. The summed E-state index contributed by atoms with van der Waals surface area (Å²) < 4.78 is 0. The van der Waals surface area contributed by atoms with Crippen molar-refractivity contribution in [3.63, 3.8) is 0 Å². The number of hydrogen-bond acceptors (Lipinski definition) is 5. The van der Waals surface area contributed by atoms with E-state index in [0.717, 1.165) is 31.1 Å². The number of hydrogen-bond donors (Lipinski definition) is 2. The topological polar surface area (TPSA) is 81.8 Å². The molecule has 3 amide bonds. The molecular weight excluding hydrogens is 368 g/mol. The molecule has 1 unspecified atom stereocenters. The van der Waals surface area contributed by atoms with Crippen molar-refractivity contribution >= 4 is 17.7 Å². The van der Waals surface area contributed by atoms with Crippen LogP contribution in [0.15, 0.2) is 18.2 Å². The third kappa shape index (κ3) is 3.57. The van der Waals surface area contributed by atoms with Crippen molar-refractivity contribution < 1.29 is 14.4 Å². The second-order valence-electron chi connectivity index (χ2n) is 8.90. The fraction of sp³-hybridized carbons (Fsp3) is 0.591. The number of carbonyl (C=O) groups is 3. The van der Waals surface area contributed by atoms with Crippen LogP contribution in [0.3, 0.4) is 0 Å². The third-order valence-electron chi connectivity index (χ3n) is 6.92. The number of rotatable bonds is 4. The van der Waals surface area contributed by atoms with Gasteiger partial charge < -0.3 is 10.2 Å². The first kappa shape index (κ1) is 18.8. The first-order valence-electron chi connectivity index (χ1n) is 10.8. The summed E-state index contributed by atoms with van der Waals surface area (Å²) in [5.74, 6) is -0.0140. The van der Waals surface area contributed by atoms with E-state index in [1.54, 1.807) is 4.90 Å². The Balaban J connectivity index is 1.20. The van der Waals surface area contributed by atoms with Gasteiger partial charge in [-0.2, -0.15) is 0 Å². The van der Waals surface area contributed by atoms with Crippen molar-refractivity contribution in [3.05, 3.63) is 34.9 Å². The summed E-state index contributed by atoms with van der Waals surface area (Å²) >= 11 is 0. The van der Waals surface area contributed by atoms with E-state index in [1.807, 2.05) is 6.07 Å². The Morgan fingerprint density at radius 3 is 2.59 bits per heavy atom. The summed E-state index contributed by atoms with van der Waals surface area (Å²) in [6, 6.07) is 6.33. The van der Waals surface area contributed by atoms with Crippen LogP contribution in [0, 0.1) is 5.92 Å². The number of carbonyl (C=O) groups excluding carboxylic acids is 3. The highest BCUT2D eigenvalue weighted by molar-refractivity contribution is 6.05. The van der Waals surface area contributed by atoms with Crippen molar-refractivity contribution in [3.8, 4) is 0 Å². The minimum absolute atomic E-state index is 0.0956. The molecule has 7 heteroatoms. The van der Waals surface area contributed by atoms with Crippen LogP contribution in [0.5, 0.6) is 0 Å². The van der Waals surface area contributed by atoms with E-state index in [4.69, 9.17) is 0 Å². The van der Waals surface area contributed by atoms with Gasteiger partial charge in [0.2, 0.25) is 11.8 Å². The second kappa shape index (κ2) is 7.54. The first-order valence-corrected chi connectivity index (χ1v) is 10.8. The van der Waals surface area contributed by atoms with Gasteiger partial charge in [-0.3, -0.25) is 24.6 Å². The van der Waals surface area contributed by atoms with Crippen LogP contribution >= 0.6 is 0 Å². The standard InChI is InChI=1S/C22H28N4O3/c27-20-4-3-19(21(28)24-20)26-13-16-10-14(1-2-18(16)22(26)29)9-15-11-25(12-15)17-5-7-23-8-6-17/h1-2,10,15,17,19,23H,3-9,11-13H2,(H,24,27,28). The van der Waals surface area contributed by atoms with Gasteiger partial charge in [0.25, 0.3) is 5.91 Å². The minimum Gasteiger partial charge on any atom is -0.322 e. The van der Waals surface area contributed by atoms with Crippen molar-refractivity contribution in [1.29, 1.82) is 0 Å². The molecule has 1 aromatic carbocycles. The Morgan fingerprint density at radius 2 is 1.83 bits per heavy atom. The quantitative estimate of drug-likeness (QED) is 0.732. The summed E-state index contributed by atoms with van der Waals surface area (Å²) in [6.45, 7) is 5.06. The van der Waals surface area contributed by atoms with Gasteiger partial charge in [-0.25, -0.2) is 0 Å². The highest BCUT2D eigenvalue weighted by Crippen LogP contribution is 2.30. The van der Waals surface area contributed by atoms with E-state index >= 15 is 0 Å². The molecule has 4 aliphatic heterocycles. The second-order valence-corrected chi connectivity index (χ2v) is 8.90. The van der Waals surface area contributed by atoms with E-state index in [1.165, 1.54) is 31.5 Å². The lowest BCUT2D eigenvalue weighted by molar-refractivity contribution is -0.136. The zero-order valence-electron chi connectivity index (χ0n) is 16.7. The first-order chi connectivity index (χ1) is 14.1. The SMILES string of the molecule is O=C1CCC(N2Cc3cc(CC4CN(C5CCNCC5)C4)ccc3C2=O)C(=O)N1. The fourth-order valence-electron chi connectivity index (χ4n) is 5.30. The van der Waals surface area contributed by atoms with Crippen LogP contribution in [0.4, 0.5) is 0 Å². The average Bonchev–Trinajstić information content (AvgIpc) is 3.01. The van der Waals surface area contributed by atoms with Crippen LogP contribution in [0.1, 0.15) is 47.2 Å². The molecule has 154 valence electrons. The lowest BCUT2D eigenvalue weighted by Gasteiger charge is -2.46. The highest BCUT2D eigenvalue weighted by atomic mass is 16.2. The molecule has 0 aromatic heterocycles. The predicted molar refractivity (Wildman–Crippen MR) is 107 cm³/mol. The molecule has 4 aliphatic rings. The molecule has 0 saturated carbocycles. The zero-order chi connectivity index (χ0) is 20.0. The van der Waals surface area contributed by atoms with Crippen LogP contribution in [-0.2, 0) is 22.6 Å². The maximum absolute atomic E-state index is 12.8. The Bertz CT molecular complexity index is 842. The van der Waals surface area contributed by atoms with Gasteiger partial charge >= 0.3 is 0 Å². The molecule has 0 spiro atoms. The van der Waals surface area contributed by atoms with Crippen LogP contribution in [0.2, 0.25) is 0 Å². The molecule has 3 fully saturated rings. The van der Waals surface area contributed by atoms with Gasteiger partial charge in [-0.1, -0.05) is 12.1 Å². The maximum atomic E-state index is 12.8. The van der Waals surface area contributed by atoms with Gasteiger partial charge in [-0.15, -0.1) is 0 Å². The van der Waals surface area contributed by atoms with E-state index < -0.39 is 6.04 Å². The molecule has 0 aliphatic carbocycles. The number of likely N-dealkylation sites (tertiary alicyclic amines) is 1. The highest BCUT2D eigenvalue weighted by Gasteiger charge is 2.39. The largest absolute Gasteiger partial charge is 0.322 e. The van der Waals surface area contributed by atoms with Crippen LogP contribution in [-0.4, -0.2) is 65.8 Å². The molecule has 7 nitrogen and oxygen atoms in total. The Labute approximate surface area is 170 Å². The van der Waals surface area contributed by atoms with Gasteiger partial charge in [0.05, 0.1) is 0 Å². The predicted octanol–water partition coefficient (Wildman–Crippen LogP) is 0.674. The van der Waals surface area contributed by atoms with Gasteiger partial charge in [0.1, 0.15) is 6.04 Å². The maximum Gasteiger partial charge on any atom is 0.255 e. The lowest BCUT2D eigenvalue weighted by Crippen LogP contribution is -2.55. The number of nitrogens with one attached hydrogen (secondary N) is 2. The molecule has 0 radical (unpaired) electrons. The minimum atomic E-state index is -0.541. The summed E-state index contributed by atoms with van der Waals surface area (Å²) in [4.78, 5) is 40.6. The molecule has 0 bridgehead atoms. The number of amides is 3. The molecule has 5 rings (SSSR count). The number of benzene rings is 1. The normalized spacial score (nSPS) is 26.4. The average molecular weight is 396 g/mol. The van der Waals surface area contributed by atoms with E-state index in [2.05, 4.69) is 27.7 Å². The number of fused-ring (bicyclic) bond motifs is 1. The van der Waals surface area contributed by atoms with Crippen LogP contribution in [0.25, 0.3) is 0 Å². The zero-order valence-corrected chi connectivity index (χ0v) is 16.7. The number of piperidine rings is 2. The summed E-state index contributed by atoms with van der Waals surface area (Å²) in [6.07, 6.45) is 4.25. The van der Waals surface area contributed by atoms with E-state index in [9.17, 15) is 14.4 Å². The molecule has 1 aromatic rings. The summed E-state index contributed by atoms with van der Waals surface area (Å²) in [5, 5.41) is 5.79. The van der Waals surface area contributed by atoms with Gasteiger partial charge in [0, 0.05) is 37.7 Å². The van der Waals surface area contributed by atoms with Crippen LogP contribution < -0.4 is 10.6 Å². The molecular formula is C22H28N4O3. The Morgan fingerprint density at radius 1 is 1.03 bits per heavy atom. The van der Waals surface area contributed by atoms with Gasteiger partial charge in [-0.05, 0) is 61.9 Å². The number of nitrogens with zero attached hydrogens (tertiary/aromatic N) is 2. The summed E-state index contributed by atoms with van der Waals surface area (Å²) in [5.41, 5.74) is 2.98. The Kier molecular flexibility index (Phi) is 4.87.